The summed E-state index contributed by atoms with van der Waals surface area (Å²) in [5.41, 5.74) is 6.05. The SMILES string of the molecule is COc1cc(CNC(=O)CC(NC(N)=O)c2cccs2)cc(OC)c1. The molecule has 0 spiro atoms. The molecule has 4 N–H and O–H groups in total. The lowest BCUT2D eigenvalue weighted by molar-refractivity contribution is -0.121. The van der Waals surface area contributed by atoms with Gasteiger partial charge in [-0.3, -0.25) is 4.79 Å². The lowest BCUT2D eigenvalue weighted by Crippen LogP contribution is -2.36. The molecule has 134 valence electrons. The van der Waals surface area contributed by atoms with Gasteiger partial charge in [-0.2, -0.15) is 0 Å². The summed E-state index contributed by atoms with van der Waals surface area (Å²) in [5, 5.41) is 7.31. The predicted octanol–water partition coefficient (Wildman–Crippen LogP) is 2.18. The molecule has 0 radical (unpaired) electrons. The van der Waals surface area contributed by atoms with E-state index in [1.54, 1.807) is 20.3 Å². The molecule has 0 aliphatic carbocycles. The van der Waals surface area contributed by atoms with Crippen molar-refractivity contribution in [3.05, 3.63) is 46.2 Å². The van der Waals surface area contributed by atoms with E-state index < -0.39 is 12.1 Å². The maximum Gasteiger partial charge on any atom is 0.312 e. The molecule has 8 heteroatoms. The molecule has 0 fully saturated rings. The quantitative estimate of drug-likeness (QED) is 0.669. The van der Waals surface area contributed by atoms with Crippen molar-refractivity contribution in [2.75, 3.05) is 14.2 Å². The summed E-state index contributed by atoms with van der Waals surface area (Å²) in [4.78, 5) is 24.3. The van der Waals surface area contributed by atoms with E-state index in [-0.39, 0.29) is 12.3 Å². The van der Waals surface area contributed by atoms with Crippen LogP contribution in [-0.4, -0.2) is 26.2 Å². The standard InChI is InChI=1S/C17H21N3O4S/c1-23-12-6-11(7-13(8-12)24-2)10-19-16(21)9-14(20-17(18)22)15-4-3-5-25-15/h3-8,14H,9-10H2,1-2H3,(H,19,21)(H3,18,20,22). The number of hydrogen-bond donors (Lipinski definition) is 3. The monoisotopic (exact) mass is 363 g/mol. The Hall–Kier alpha value is -2.74. The number of ether oxygens (including phenoxy) is 2. The van der Waals surface area contributed by atoms with Crippen LogP contribution in [0.15, 0.2) is 35.7 Å². The first-order chi connectivity index (χ1) is 12.0. The Labute approximate surface area is 150 Å². The summed E-state index contributed by atoms with van der Waals surface area (Å²) in [6.45, 7) is 0.320. The van der Waals surface area contributed by atoms with E-state index in [1.165, 1.54) is 11.3 Å². The van der Waals surface area contributed by atoms with Crippen LogP contribution in [0, 0.1) is 0 Å². The van der Waals surface area contributed by atoms with Gasteiger partial charge in [0.2, 0.25) is 5.91 Å². The molecule has 2 rings (SSSR count). The van der Waals surface area contributed by atoms with Crippen LogP contribution in [0.4, 0.5) is 4.79 Å². The van der Waals surface area contributed by atoms with Crippen LogP contribution < -0.4 is 25.8 Å². The topological polar surface area (TPSA) is 103 Å². The first-order valence-corrected chi connectivity index (χ1v) is 8.47. The molecular weight excluding hydrogens is 342 g/mol. The Morgan fingerprint density at radius 3 is 2.40 bits per heavy atom. The Morgan fingerprint density at radius 2 is 1.88 bits per heavy atom. The molecule has 0 saturated carbocycles. The second-order valence-corrected chi connectivity index (χ2v) is 6.26. The highest BCUT2D eigenvalue weighted by atomic mass is 32.1. The van der Waals surface area contributed by atoms with E-state index >= 15 is 0 Å². The second-order valence-electron chi connectivity index (χ2n) is 5.28. The number of hydrogen-bond acceptors (Lipinski definition) is 5. The third kappa shape index (κ3) is 5.68. The number of nitrogens with two attached hydrogens (primary N) is 1. The zero-order valence-corrected chi connectivity index (χ0v) is 14.9. The van der Waals surface area contributed by atoms with E-state index in [9.17, 15) is 9.59 Å². The van der Waals surface area contributed by atoms with Gasteiger partial charge in [-0.1, -0.05) is 6.07 Å². The first-order valence-electron chi connectivity index (χ1n) is 7.60. The summed E-state index contributed by atoms with van der Waals surface area (Å²) in [6.07, 6.45) is 0.102. The minimum atomic E-state index is -0.663. The number of rotatable bonds is 8. The van der Waals surface area contributed by atoms with Crippen molar-refractivity contribution >= 4 is 23.3 Å². The molecule has 1 heterocycles. The van der Waals surface area contributed by atoms with Crippen LogP contribution in [0.25, 0.3) is 0 Å². The number of carbonyl (C=O) groups is 2. The van der Waals surface area contributed by atoms with E-state index in [0.717, 1.165) is 10.4 Å². The average molecular weight is 363 g/mol. The molecule has 1 aromatic heterocycles. The molecular formula is C17H21N3O4S. The highest BCUT2D eigenvalue weighted by molar-refractivity contribution is 7.10. The summed E-state index contributed by atoms with van der Waals surface area (Å²) in [5.74, 6) is 1.10. The molecule has 2 aromatic rings. The molecule has 0 aliphatic heterocycles. The molecule has 1 aromatic carbocycles. The minimum absolute atomic E-state index is 0.102. The lowest BCUT2D eigenvalue weighted by Gasteiger charge is -2.16. The Morgan fingerprint density at radius 1 is 1.20 bits per heavy atom. The van der Waals surface area contributed by atoms with Gasteiger partial charge in [-0.25, -0.2) is 4.79 Å². The molecule has 25 heavy (non-hydrogen) atoms. The van der Waals surface area contributed by atoms with Crippen LogP contribution >= 0.6 is 11.3 Å². The molecule has 0 bridgehead atoms. The van der Waals surface area contributed by atoms with Crippen molar-refractivity contribution in [1.82, 2.24) is 10.6 Å². The number of carbonyl (C=O) groups excluding carboxylic acids is 2. The van der Waals surface area contributed by atoms with Gasteiger partial charge in [-0.15, -0.1) is 11.3 Å². The van der Waals surface area contributed by atoms with Gasteiger partial charge >= 0.3 is 6.03 Å². The van der Waals surface area contributed by atoms with Gasteiger partial charge in [-0.05, 0) is 29.1 Å². The van der Waals surface area contributed by atoms with Crippen molar-refractivity contribution in [1.29, 1.82) is 0 Å². The van der Waals surface area contributed by atoms with Crippen molar-refractivity contribution in [2.24, 2.45) is 5.73 Å². The molecule has 0 aliphatic rings. The fraction of sp³-hybridized carbons (Fsp3) is 0.294. The lowest BCUT2D eigenvalue weighted by atomic mass is 10.1. The summed E-state index contributed by atoms with van der Waals surface area (Å²) in [7, 11) is 3.14. The first kappa shape index (κ1) is 18.6. The average Bonchev–Trinajstić information content (AvgIpc) is 3.13. The molecule has 1 unspecified atom stereocenters. The Kier molecular flexibility index (Phi) is 6.64. The number of primary amides is 1. The summed E-state index contributed by atoms with van der Waals surface area (Å²) < 4.78 is 10.4. The van der Waals surface area contributed by atoms with Crippen LogP contribution in [-0.2, 0) is 11.3 Å². The van der Waals surface area contributed by atoms with Gasteiger partial charge in [0.15, 0.2) is 0 Å². The Balaban J connectivity index is 1.98. The highest BCUT2D eigenvalue weighted by Gasteiger charge is 2.18. The fourth-order valence-corrected chi connectivity index (χ4v) is 3.09. The maximum absolute atomic E-state index is 12.3. The number of nitrogens with one attached hydrogen (secondary N) is 2. The van der Waals surface area contributed by atoms with Crippen LogP contribution in [0.5, 0.6) is 11.5 Å². The van der Waals surface area contributed by atoms with E-state index in [2.05, 4.69) is 10.6 Å². The van der Waals surface area contributed by atoms with Gasteiger partial charge in [0.1, 0.15) is 11.5 Å². The van der Waals surface area contributed by atoms with Gasteiger partial charge in [0, 0.05) is 17.5 Å². The Bertz CT molecular complexity index is 696. The van der Waals surface area contributed by atoms with Crippen molar-refractivity contribution in [2.45, 2.75) is 19.0 Å². The molecule has 1 atom stereocenters. The molecule has 7 nitrogen and oxygen atoms in total. The smallest absolute Gasteiger partial charge is 0.312 e. The minimum Gasteiger partial charge on any atom is -0.497 e. The third-order valence-electron chi connectivity index (χ3n) is 3.49. The number of methoxy groups -OCH3 is 2. The van der Waals surface area contributed by atoms with Gasteiger partial charge < -0.3 is 25.8 Å². The normalized spacial score (nSPS) is 11.4. The van der Waals surface area contributed by atoms with E-state index in [4.69, 9.17) is 15.2 Å². The van der Waals surface area contributed by atoms with Crippen LogP contribution in [0.3, 0.4) is 0 Å². The zero-order chi connectivity index (χ0) is 18.2. The van der Waals surface area contributed by atoms with Crippen molar-refractivity contribution in [3.63, 3.8) is 0 Å². The predicted molar refractivity (Wildman–Crippen MR) is 95.8 cm³/mol. The maximum atomic E-state index is 12.3. The van der Waals surface area contributed by atoms with E-state index in [1.807, 2.05) is 29.6 Å². The second kappa shape index (κ2) is 8.93. The van der Waals surface area contributed by atoms with Crippen LogP contribution in [0.2, 0.25) is 0 Å². The van der Waals surface area contributed by atoms with Crippen molar-refractivity contribution in [3.8, 4) is 11.5 Å². The fourth-order valence-electron chi connectivity index (χ4n) is 2.31. The van der Waals surface area contributed by atoms with Gasteiger partial charge in [0.05, 0.1) is 26.7 Å². The summed E-state index contributed by atoms with van der Waals surface area (Å²) in [6, 6.07) is 8.00. The molecule has 3 amide bonds. The number of thiophene rings is 1. The zero-order valence-electron chi connectivity index (χ0n) is 14.1. The third-order valence-corrected chi connectivity index (χ3v) is 4.48. The summed E-state index contributed by atoms with van der Waals surface area (Å²) >= 11 is 1.46. The molecule has 0 saturated heterocycles. The number of benzene rings is 1. The van der Waals surface area contributed by atoms with Crippen LogP contribution in [0.1, 0.15) is 22.9 Å². The van der Waals surface area contributed by atoms with Crippen molar-refractivity contribution < 1.29 is 19.1 Å². The number of urea groups is 1. The van der Waals surface area contributed by atoms with E-state index in [0.29, 0.717) is 18.0 Å². The number of amides is 3. The largest absolute Gasteiger partial charge is 0.497 e. The van der Waals surface area contributed by atoms with Gasteiger partial charge in [0.25, 0.3) is 0 Å². The highest BCUT2D eigenvalue weighted by Crippen LogP contribution is 2.23.